The van der Waals surface area contributed by atoms with Crippen LogP contribution in [0.25, 0.3) is 5.69 Å². The number of para-hydroxylation sites is 1. The van der Waals surface area contributed by atoms with E-state index in [4.69, 9.17) is 0 Å². The summed E-state index contributed by atoms with van der Waals surface area (Å²) in [7, 11) is 0. The zero-order valence-corrected chi connectivity index (χ0v) is 7.29. The van der Waals surface area contributed by atoms with Crippen LogP contribution in [0.4, 0.5) is 0 Å². The molecule has 0 radical (unpaired) electrons. The fraction of sp³-hybridized carbons (Fsp3) is 0. The van der Waals surface area contributed by atoms with Gasteiger partial charge in [-0.05, 0) is 12.1 Å². The van der Waals surface area contributed by atoms with E-state index in [1.54, 1.807) is 0 Å². The second kappa shape index (κ2) is 3.33. The van der Waals surface area contributed by atoms with E-state index in [-0.39, 0.29) is 11.6 Å². The van der Waals surface area contributed by atoms with Crippen LogP contribution in [-0.4, -0.2) is 20.9 Å². The van der Waals surface area contributed by atoms with E-state index in [1.807, 2.05) is 30.3 Å². The lowest BCUT2D eigenvalue weighted by molar-refractivity contribution is 0.111. The normalized spacial score (nSPS) is 10.0. The summed E-state index contributed by atoms with van der Waals surface area (Å²) >= 11 is 0. The molecule has 4 heteroatoms. The van der Waals surface area contributed by atoms with E-state index < -0.39 is 0 Å². The average Bonchev–Trinajstić information content (AvgIpc) is 2.61. The van der Waals surface area contributed by atoms with Crippen LogP contribution in [0.2, 0.25) is 0 Å². The summed E-state index contributed by atoms with van der Waals surface area (Å²) < 4.78 is 1.45. The highest BCUT2D eigenvalue weighted by molar-refractivity contribution is 5.75. The Kier molecular flexibility index (Phi) is 2.02. The molecule has 1 N–H and O–H groups in total. The minimum Gasteiger partial charge on any atom is -0.493 e. The fourth-order valence-electron chi connectivity index (χ4n) is 1.22. The summed E-state index contributed by atoms with van der Waals surface area (Å²) in [6.45, 7) is 0. The molecule has 14 heavy (non-hydrogen) atoms. The molecule has 0 saturated carbocycles. The monoisotopic (exact) mass is 188 g/mol. The molecule has 0 aliphatic heterocycles. The van der Waals surface area contributed by atoms with Crippen molar-refractivity contribution in [3.8, 4) is 11.6 Å². The number of imidazole rings is 1. The summed E-state index contributed by atoms with van der Waals surface area (Å²) in [5.41, 5.74) is 0.819. The molecule has 1 heterocycles. The van der Waals surface area contributed by atoms with Gasteiger partial charge in [-0.1, -0.05) is 18.2 Å². The third-order valence-corrected chi connectivity index (χ3v) is 1.92. The second-order valence-electron chi connectivity index (χ2n) is 2.78. The van der Waals surface area contributed by atoms with Crippen molar-refractivity contribution in [2.45, 2.75) is 0 Å². The molecule has 0 bridgehead atoms. The van der Waals surface area contributed by atoms with Crippen molar-refractivity contribution in [1.82, 2.24) is 9.55 Å². The molecule has 0 amide bonds. The molecule has 0 aliphatic rings. The summed E-state index contributed by atoms with van der Waals surface area (Å²) in [6.07, 6.45) is 1.93. The van der Waals surface area contributed by atoms with E-state index in [2.05, 4.69) is 4.98 Å². The molecule has 0 spiro atoms. The number of aldehydes is 1. The number of hydrogen-bond donors (Lipinski definition) is 1. The summed E-state index contributed by atoms with van der Waals surface area (Å²) in [5, 5.41) is 9.55. The highest BCUT2D eigenvalue weighted by Gasteiger charge is 2.08. The molecular weight excluding hydrogens is 180 g/mol. The number of carbonyl (C=O) groups is 1. The zero-order chi connectivity index (χ0) is 9.97. The van der Waals surface area contributed by atoms with Gasteiger partial charge in [0.15, 0.2) is 12.0 Å². The number of aromatic hydroxyl groups is 1. The minimum atomic E-state index is -0.133. The fourth-order valence-corrected chi connectivity index (χ4v) is 1.22. The minimum absolute atomic E-state index is 0.0499. The van der Waals surface area contributed by atoms with Gasteiger partial charge < -0.3 is 5.11 Å². The first-order chi connectivity index (χ1) is 6.83. The van der Waals surface area contributed by atoms with Gasteiger partial charge >= 0.3 is 0 Å². The number of nitrogens with zero attached hydrogens (tertiary/aromatic N) is 2. The molecule has 0 saturated heterocycles. The predicted molar refractivity (Wildman–Crippen MR) is 50.6 cm³/mol. The maximum atomic E-state index is 10.4. The summed E-state index contributed by atoms with van der Waals surface area (Å²) in [6, 6.07) is 9.19. The van der Waals surface area contributed by atoms with E-state index in [0.717, 1.165) is 5.69 Å². The second-order valence-corrected chi connectivity index (χ2v) is 2.78. The third-order valence-electron chi connectivity index (χ3n) is 1.92. The van der Waals surface area contributed by atoms with Crippen LogP contribution in [0.3, 0.4) is 0 Å². The Bertz CT molecular complexity index is 448. The number of aromatic nitrogens is 2. The SMILES string of the molecule is O=Cc1ncn(-c2ccccc2)c1O. The molecule has 70 valence electrons. The number of hydrogen-bond acceptors (Lipinski definition) is 3. The van der Waals surface area contributed by atoms with Crippen LogP contribution in [0.5, 0.6) is 5.88 Å². The lowest BCUT2D eigenvalue weighted by Gasteiger charge is -2.02. The Labute approximate surface area is 80.4 Å². The van der Waals surface area contributed by atoms with Crippen molar-refractivity contribution in [2.75, 3.05) is 0 Å². The van der Waals surface area contributed by atoms with Crippen molar-refractivity contribution in [3.63, 3.8) is 0 Å². The first-order valence-corrected chi connectivity index (χ1v) is 4.10. The first kappa shape index (κ1) is 8.50. The van der Waals surface area contributed by atoms with E-state index in [1.165, 1.54) is 10.9 Å². The topological polar surface area (TPSA) is 55.1 Å². The molecule has 4 nitrogen and oxygen atoms in total. The Hall–Kier alpha value is -2.10. The van der Waals surface area contributed by atoms with Crippen LogP contribution in [0, 0.1) is 0 Å². The molecule has 2 rings (SSSR count). The van der Waals surface area contributed by atoms with Crippen LogP contribution in [0.15, 0.2) is 36.7 Å². The third kappa shape index (κ3) is 1.26. The molecule has 0 fully saturated rings. The highest BCUT2D eigenvalue weighted by atomic mass is 16.3. The smallest absolute Gasteiger partial charge is 0.227 e. The molecule has 2 aromatic rings. The number of benzene rings is 1. The van der Waals surface area contributed by atoms with Crippen LogP contribution in [-0.2, 0) is 0 Å². The lowest BCUT2D eigenvalue weighted by atomic mass is 10.3. The molecular formula is C10H8N2O2. The molecule has 0 unspecified atom stereocenters. The summed E-state index contributed by atoms with van der Waals surface area (Å²) in [5.74, 6) is -0.133. The Morgan fingerprint density at radius 1 is 1.29 bits per heavy atom. The Balaban J connectivity index is 2.53. The molecule has 1 aromatic carbocycles. The van der Waals surface area contributed by atoms with Crippen molar-refractivity contribution in [3.05, 3.63) is 42.4 Å². The van der Waals surface area contributed by atoms with Gasteiger partial charge in [-0.2, -0.15) is 0 Å². The van der Waals surface area contributed by atoms with E-state index >= 15 is 0 Å². The maximum Gasteiger partial charge on any atom is 0.227 e. The van der Waals surface area contributed by atoms with Gasteiger partial charge in [-0.3, -0.25) is 9.36 Å². The van der Waals surface area contributed by atoms with Gasteiger partial charge in [-0.25, -0.2) is 4.98 Å². The highest BCUT2D eigenvalue weighted by Crippen LogP contribution is 2.18. The van der Waals surface area contributed by atoms with Crippen molar-refractivity contribution in [1.29, 1.82) is 0 Å². The van der Waals surface area contributed by atoms with Crippen molar-refractivity contribution < 1.29 is 9.90 Å². The van der Waals surface area contributed by atoms with Gasteiger partial charge in [0.1, 0.15) is 6.33 Å². The Morgan fingerprint density at radius 2 is 2.00 bits per heavy atom. The average molecular weight is 188 g/mol. The van der Waals surface area contributed by atoms with Crippen LogP contribution >= 0.6 is 0 Å². The van der Waals surface area contributed by atoms with Gasteiger partial charge in [-0.15, -0.1) is 0 Å². The number of carbonyl (C=O) groups excluding carboxylic acids is 1. The zero-order valence-electron chi connectivity index (χ0n) is 7.29. The van der Waals surface area contributed by atoms with Crippen LogP contribution < -0.4 is 0 Å². The number of rotatable bonds is 2. The van der Waals surface area contributed by atoms with Gasteiger partial charge in [0.2, 0.25) is 5.88 Å². The van der Waals surface area contributed by atoms with Gasteiger partial charge in [0, 0.05) is 0 Å². The van der Waals surface area contributed by atoms with E-state index in [9.17, 15) is 9.90 Å². The van der Waals surface area contributed by atoms with Crippen molar-refractivity contribution >= 4 is 6.29 Å². The van der Waals surface area contributed by atoms with Crippen molar-refractivity contribution in [2.24, 2.45) is 0 Å². The standard InChI is InChI=1S/C10H8N2O2/c13-6-9-10(14)12(7-11-9)8-4-2-1-3-5-8/h1-7,14H. The van der Waals surface area contributed by atoms with E-state index in [0.29, 0.717) is 6.29 Å². The van der Waals surface area contributed by atoms with Gasteiger partial charge in [0.25, 0.3) is 0 Å². The first-order valence-electron chi connectivity index (χ1n) is 4.10. The maximum absolute atomic E-state index is 10.4. The lowest BCUT2D eigenvalue weighted by Crippen LogP contribution is -1.90. The molecule has 1 aromatic heterocycles. The quantitative estimate of drug-likeness (QED) is 0.724. The Morgan fingerprint density at radius 3 is 2.57 bits per heavy atom. The predicted octanol–water partition coefficient (Wildman–Crippen LogP) is 1.39. The largest absolute Gasteiger partial charge is 0.493 e. The van der Waals surface area contributed by atoms with Crippen LogP contribution in [0.1, 0.15) is 10.5 Å². The molecule has 0 aliphatic carbocycles. The van der Waals surface area contributed by atoms with Gasteiger partial charge in [0.05, 0.1) is 5.69 Å². The summed E-state index contributed by atoms with van der Waals surface area (Å²) in [4.78, 5) is 14.2. The molecule has 0 atom stereocenters.